The summed E-state index contributed by atoms with van der Waals surface area (Å²) in [5.41, 5.74) is 0.856. The molecule has 2 nitrogen and oxygen atoms in total. The average molecular weight is 297 g/mol. The van der Waals surface area contributed by atoms with Gasteiger partial charge in [-0.05, 0) is 24.3 Å². The zero-order valence-electron chi connectivity index (χ0n) is 10.9. The zero-order chi connectivity index (χ0) is 14.2. The van der Waals surface area contributed by atoms with Crippen LogP contribution in [0.3, 0.4) is 0 Å². The van der Waals surface area contributed by atoms with Crippen LogP contribution in [0.1, 0.15) is 26.6 Å². The smallest absolute Gasteiger partial charge is 0.133 e. The van der Waals surface area contributed by atoms with Gasteiger partial charge in [-0.15, -0.1) is 0 Å². The summed E-state index contributed by atoms with van der Waals surface area (Å²) in [6.45, 7) is 6.05. The summed E-state index contributed by atoms with van der Waals surface area (Å²) < 4.78 is 14.4. The second-order valence-electron chi connectivity index (χ2n) is 5.36. The van der Waals surface area contributed by atoms with Crippen molar-refractivity contribution in [2.24, 2.45) is 0 Å². The van der Waals surface area contributed by atoms with Crippen LogP contribution in [0.25, 0.3) is 11.3 Å². The van der Waals surface area contributed by atoms with E-state index in [0.717, 1.165) is 5.82 Å². The number of aromatic amines is 1. The highest BCUT2D eigenvalue weighted by molar-refractivity contribution is 7.71. The Morgan fingerprint density at radius 2 is 1.95 bits per heavy atom. The van der Waals surface area contributed by atoms with Crippen molar-refractivity contribution in [3.8, 4) is 11.3 Å². The summed E-state index contributed by atoms with van der Waals surface area (Å²) in [7, 11) is 0. The lowest BCUT2D eigenvalue weighted by Crippen LogP contribution is -2.16. The van der Waals surface area contributed by atoms with Crippen molar-refractivity contribution in [1.82, 2.24) is 9.97 Å². The molecule has 1 aromatic carbocycles. The maximum Gasteiger partial charge on any atom is 0.133 e. The van der Waals surface area contributed by atoms with Crippen molar-refractivity contribution >= 4 is 23.8 Å². The van der Waals surface area contributed by atoms with Crippen LogP contribution in [0.15, 0.2) is 24.3 Å². The molecule has 0 saturated carbocycles. The van der Waals surface area contributed by atoms with E-state index in [4.69, 9.17) is 23.8 Å². The van der Waals surface area contributed by atoms with Gasteiger partial charge in [0.2, 0.25) is 0 Å². The van der Waals surface area contributed by atoms with Crippen LogP contribution in [-0.4, -0.2) is 9.97 Å². The topological polar surface area (TPSA) is 28.7 Å². The maximum absolute atomic E-state index is 13.9. The van der Waals surface area contributed by atoms with Crippen molar-refractivity contribution in [3.05, 3.63) is 45.6 Å². The fourth-order valence-electron chi connectivity index (χ4n) is 1.67. The van der Waals surface area contributed by atoms with Crippen LogP contribution in [-0.2, 0) is 5.41 Å². The van der Waals surface area contributed by atoms with E-state index in [1.165, 1.54) is 6.07 Å². The Bertz CT molecular complexity index is 674. The van der Waals surface area contributed by atoms with Crippen molar-refractivity contribution in [2.75, 3.05) is 0 Å². The predicted octanol–water partition coefficient (Wildman–Crippen LogP) is 4.90. The molecule has 0 radical (unpaired) electrons. The first-order chi connectivity index (χ1) is 8.77. The van der Waals surface area contributed by atoms with Gasteiger partial charge in [0, 0.05) is 16.0 Å². The van der Waals surface area contributed by atoms with E-state index in [2.05, 4.69) is 9.97 Å². The third kappa shape index (κ3) is 3.19. The van der Waals surface area contributed by atoms with E-state index in [9.17, 15) is 4.39 Å². The van der Waals surface area contributed by atoms with E-state index in [-0.39, 0.29) is 11.2 Å². The summed E-state index contributed by atoms with van der Waals surface area (Å²) in [4.78, 5) is 7.43. The van der Waals surface area contributed by atoms with Crippen LogP contribution < -0.4 is 0 Å². The van der Waals surface area contributed by atoms with Gasteiger partial charge in [0.15, 0.2) is 0 Å². The SMILES string of the molecule is CC(C)(C)c1nc(=S)cc(-c2ccc(Cl)cc2F)[nH]1. The Morgan fingerprint density at radius 3 is 2.53 bits per heavy atom. The van der Waals surface area contributed by atoms with Gasteiger partial charge in [-0.2, -0.15) is 0 Å². The summed E-state index contributed by atoms with van der Waals surface area (Å²) in [6.07, 6.45) is 0. The van der Waals surface area contributed by atoms with E-state index >= 15 is 0 Å². The van der Waals surface area contributed by atoms with Gasteiger partial charge < -0.3 is 4.98 Å². The minimum absolute atomic E-state index is 0.188. The minimum Gasteiger partial charge on any atom is -0.343 e. The molecule has 100 valence electrons. The first-order valence-corrected chi connectivity index (χ1v) is 6.63. The Labute approximate surface area is 121 Å². The number of hydrogen-bond donors (Lipinski definition) is 1. The van der Waals surface area contributed by atoms with Gasteiger partial charge in [-0.25, -0.2) is 9.37 Å². The molecule has 1 heterocycles. The third-order valence-corrected chi connectivity index (χ3v) is 3.12. The van der Waals surface area contributed by atoms with Crippen LogP contribution >= 0.6 is 23.8 Å². The molecule has 5 heteroatoms. The molecule has 19 heavy (non-hydrogen) atoms. The largest absolute Gasteiger partial charge is 0.343 e. The molecule has 0 fully saturated rings. The van der Waals surface area contributed by atoms with Crippen molar-refractivity contribution < 1.29 is 4.39 Å². The van der Waals surface area contributed by atoms with Crippen molar-refractivity contribution in [1.29, 1.82) is 0 Å². The van der Waals surface area contributed by atoms with E-state index in [0.29, 0.717) is 20.9 Å². The molecule has 0 spiro atoms. The predicted molar refractivity (Wildman–Crippen MR) is 78.5 cm³/mol. The summed E-state index contributed by atoms with van der Waals surface area (Å²) in [5, 5.41) is 0.366. The van der Waals surface area contributed by atoms with E-state index in [1.54, 1.807) is 18.2 Å². The van der Waals surface area contributed by atoms with Gasteiger partial charge >= 0.3 is 0 Å². The van der Waals surface area contributed by atoms with Crippen LogP contribution in [0.5, 0.6) is 0 Å². The number of H-pyrrole nitrogens is 1. The lowest BCUT2D eigenvalue weighted by molar-refractivity contribution is 0.544. The van der Waals surface area contributed by atoms with Gasteiger partial charge in [0.05, 0.1) is 5.69 Å². The first-order valence-electron chi connectivity index (χ1n) is 5.84. The quantitative estimate of drug-likeness (QED) is 0.759. The second-order valence-corrected chi connectivity index (χ2v) is 6.21. The number of halogens is 2. The van der Waals surface area contributed by atoms with Gasteiger partial charge in [-0.1, -0.05) is 44.6 Å². The lowest BCUT2D eigenvalue weighted by Gasteiger charge is -2.18. The first kappa shape index (κ1) is 14.2. The molecule has 2 aromatic rings. The van der Waals surface area contributed by atoms with Crippen molar-refractivity contribution in [3.63, 3.8) is 0 Å². The second kappa shape index (κ2) is 5.02. The summed E-state index contributed by atoms with van der Waals surface area (Å²) in [5.74, 6) is 0.341. The average Bonchev–Trinajstić information content (AvgIpc) is 2.26. The summed E-state index contributed by atoms with van der Waals surface area (Å²) >= 11 is 10.9. The fourth-order valence-corrected chi connectivity index (χ4v) is 2.03. The molecule has 0 atom stereocenters. The molecule has 0 unspecified atom stereocenters. The highest BCUT2D eigenvalue weighted by Gasteiger charge is 2.18. The normalized spacial score (nSPS) is 11.6. The molecule has 1 aromatic heterocycles. The minimum atomic E-state index is -0.385. The highest BCUT2D eigenvalue weighted by Crippen LogP contribution is 2.26. The molecular weight excluding hydrogens is 283 g/mol. The Hall–Kier alpha value is -1.26. The third-order valence-electron chi connectivity index (χ3n) is 2.67. The molecule has 0 amide bonds. The van der Waals surface area contributed by atoms with Crippen LogP contribution in [0.2, 0.25) is 5.02 Å². The van der Waals surface area contributed by atoms with Gasteiger partial charge in [0.1, 0.15) is 16.3 Å². The number of rotatable bonds is 1. The Balaban J connectivity index is 2.63. The number of nitrogens with zero attached hydrogens (tertiary/aromatic N) is 1. The summed E-state index contributed by atoms with van der Waals surface area (Å²) in [6, 6.07) is 6.21. The Kier molecular flexibility index (Phi) is 3.74. The van der Waals surface area contributed by atoms with Crippen molar-refractivity contribution in [2.45, 2.75) is 26.2 Å². The highest BCUT2D eigenvalue weighted by atomic mass is 35.5. The molecule has 0 saturated heterocycles. The molecule has 0 aliphatic carbocycles. The number of nitrogens with one attached hydrogen (secondary N) is 1. The molecule has 0 aliphatic rings. The van der Waals surface area contributed by atoms with Gasteiger partial charge in [-0.3, -0.25) is 0 Å². The number of aromatic nitrogens is 2. The molecule has 2 rings (SSSR count). The van der Waals surface area contributed by atoms with E-state index in [1.807, 2.05) is 20.8 Å². The van der Waals surface area contributed by atoms with E-state index < -0.39 is 0 Å². The Morgan fingerprint density at radius 1 is 1.26 bits per heavy atom. The maximum atomic E-state index is 13.9. The number of hydrogen-bond acceptors (Lipinski definition) is 2. The molecule has 1 N–H and O–H groups in total. The van der Waals surface area contributed by atoms with Crippen LogP contribution in [0, 0.1) is 10.5 Å². The molecule has 0 bridgehead atoms. The fraction of sp³-hybridized carbons (Fsp3) is 0.286. The molecular formula is C14H14ClFN2S. The zero-order valence-corrected chi connectivity index (χ0v) is 12.5. The monoisotopic (exact) mass is 296 g/mol. The lowest BCUT2D eigenvalue weighted by atomic mass is 9.95. The van der Waals surface area contributed by atoms with Gasteiger partial charge in [0.25, 0.3) is 0 Å². The molecule has 0 aliphatic heterocycles. The standard InChI is InChI=1S/C14H14ClFN2S/c1-14(2,3)13-17-11(7-12(19)18-13)9-5-4-8(15)6-10(9)16/h4-7H,1-3H3,(H,17,18,19). The van der Waals surface area contributed by atoms with Crippen LogP contribution in [0.4, 0.5) is 4.39 Å². The number of benzene rings is 1.